The number of aryl methyl sites for hydroxylation is 1. The van der Waals surface area contributed by atoms with E-state index in [1.165, 1.54) is 4.70 Å². The molecule has 4 rings (SSSR count). The summed E-state index contributed by atoms with van der Waals surface area (Å²) in [5, 5.41) is 1.06. The Morgan fingerprint density at radius 3 is 3.04 bits per heavy atom. The van der Waals surface area contributed by atoms with E-state index >= 15 is 0 Å². The first kappa shape index (κ1) is 14.5. The molecule has 0 radical (unpaired) electrons. The van der Waals surface area contributed by atoms with Crippen molar-refractivity contribution in [3.8, 4) is 0 Å². The van der Waals surface area contributed by atoms with Crippen molar-refractivity contribution in [2.24, 2.45) is 0 Å². The lowest BCUT2D eigenvalue weighted by molar-refractivity contribution is -0.132. The van der Waals surface area contributed by atoms with Crippen molar-refractivity contribution in [3.05, 3.63) is 53.4 Å². The van der Waals surface area contributed by atoms with Crippen LogP contribution in [0.3, 0.4) is 0 Å². The third-order valence-electron chi connectivity index (χ3n) is 4.33. The second-order valence-electron chi connectivity index (χ2n) is 5.84. The second-order valence-corrected chi connectivity index (χ2v) is 6.91. The summed E-state index contributed by atoms with van der Waals surface area (Å²) < 4.78 is 6.51. The van der Waals surface area contributed by atoms with Gasteiger partial charge in [0.15, 0.2) is 0 Å². The lowest BCUT2D eigenvalue weighted by atomic mass is 10.2. The van der Waals surface area contributed by atoms with Crippen molar-refractivity contribution in [1.29, 1.82) is 0 Å². The molecular weight excluding hydrogens is 308 g/mol. The van der Waals surface area contributed by atoms with Gasteiger partial charge in [0.25, 0.3) is 0 Å². The number of furan rings is 1. The number of rotatable bonds is 4. The summed E-state index contributed by atoms with van der Waals surface area (Å²) in [6.07, 6.45) is 4.86. The maximum Gasteiger partial charge on any atom is 0.223 e. The zero-order valence-electron chi connectivity index (χ0n) is 12.8. The summed E-state index contributed by atoms with van der Waals surface area (Å²) in [4.78, 5) is 19.3. The third-order valence-corrected chi connectivity index (χ3v) is 5.47. The van der Waals surface area contributed by atoms with Crippen LogP contribution in [0.2, 0.25) is 0 Å². The molecule has 3 aromatic rings. The van der Waals surface area contributed by atoms with Gasteiger partial charge in [0.1, 0.15) is 10.8 Å². The minimum atomic E-state index is 0.136. The minimum absolute atomic E-state index is 0.136. The van der Waals surface area contributed by atoms with E-state index in [1.54, 1.807) is 17.6 Å². The lowest BCUT2D eigenvalue weighted by Gasteiger charge is -2.23. The molecule has 1 aliphatic rings. The molecule has 0 saturated carbocycles. The van der Waals surface area contributed by atoms with Crippen molar-refractivity contribution < 1.29 is 9.21 Å². The molecule has 2 aromatic heterocycles. The maximum atomic E-state index is 12.6. The lowest BCUT2D eigenvalue weighted by Crippen LogP contribution is -2.30. The standard InChI is InChI=1S/C18H18N2O2S/c21-17(10-9-13-5-4-12-22-13)20-11-3-7-15(20)18-19-14-6-1-2-8-16(14)23-18/h1-2,4-6,8,12,15H,3,7,9-11H2/t15-/m0/s1. The van der Waals surface area contributed by atoms with Crippen molar-refractivity contribution in [3.63, 3.8) is 0 Å². The molecular formula is C18H18N2O2S. The van der Waals surface area contributed by atoms with Crippen LogP contribution < -0.4 is 0 Å². The number of aromatic nitrogens is 1. The molecule has 1 saturated heterocycles. The Hall–Kier alpha value is -2.14. The number of nitrogens with zero attached hydrogens (tertiary/aromatic N) is 2. The van der Waals surface area contributed by atoms with Gasteiger partial charge in [0, 0.05) is 19.4 Å². The number of carbonyl (C=O) groups is 1. The maximum absolute atomic E-state index is 12.6. The fraction of sp³-hybridized carbons (Fsp3) is 0.333. The number of likely N-dealkylation sites (tertiary alicyclic amines) is 1. The molecule has 4 nitrogen and oxygen atoms in total. The predicted molar refractivity (Wildman–Crippen MR) is 90.3 cm³/mol. The number of para-hydroxylation sites is 1. The number of fused-ring (bicyclic) bond motifs is 1. The molecule has 0 N–H and O–H groups in total. The fourth-order valence-corrected chi connectivity index (χ4v) is 4.30. The number of amides is 1. The number of hydrogen-bond donors (Lipinski definition) is 0. The number of thiazole rings is 1. The zero-order valence-corrected chi connectivity index (χ0v) is 13.6. The van der Waals surface area contributed by atoms with Gasteiger partial charge < -0.3 is 9.32 Å². The molecule has 1 aliphatic heterocycles. The molecule has 23 heavy (non-hydrogen) atoms. The predicted octanol–water partition coefficient (Wildman–Crippen LogP) is 4.19. The molecule has 1 fully saturated rings. The van der Waals surface area contributed by atoms with Crippen molar-refractivity contribution in [2.75, 3.05) is 6.54 Å². The van der Waals surface area contributed by atoms with E-state index in [0.717, 1.165) is 35.7 Å². The molecule has 3 heterocycles. The van der Waals surface area contributed by atoms with Gasteiger partial charge in [0.2, 0.25) is 5.91 Å². The molecule has 0 spiro atoms. The van der Waals surface area contributed by atoms with E-state index in [1.807, 2.05) is 35.2 Å². The molecule has 5 heteroatoms. The smallest absolute Gasteiger partial charge is 0.223 e. The Bertz CT molecular complexity index is 776. The van der Waals surface area contributed by atoms with Gasteiger partial charge >= 0.3 is 0 Å². The third kappa shape index (κ3) is 2.88. The highest BCUT2D eigenvalue weighted by molar-refractivity contribution is 7.18. The molecule has 0 unspecified atom stereocenters. The van der Waals surface area contributed by atoms with Crippen LogP contribution in [-0.4, -0.2) is 22.3 Å². The summed E-state index contributed by atoms with van der Waals surface area (Å²) in [7, 11) is 0. The normalized spacial score (nSPS) is 17.9. The average Bonchev–Trinajstić information content (AvgIpc) is 3.31. The van der Waals surface area contributed by atoms with Crippen LogP contribution in [0, 0.1) is 0 Å². The Labute approximate surface area is 138 Å². The largest absolute Gasteiger partial charge is 0.469 e. The highest BCUT2D eigenvalue weighted by Crippen LogP contribution is 2.36. The molecule has 1 atom stereocenters. The van der Waals surface area contributed by atoms with Crippen molar-refractivity contribution in [1.82, 2.24) is 9.88 Å². The van der Waals surface area contributed by atoms with E-state index in [0.29, 0.717) is 12.8 Å². The van der Waals surface area contributed by atoms with E-state index in [-0.39, 0.29) is 11.9 Å². The SMILES string of the molecule is O=C(CCc1ccco1)N1CCC[C@H]1c1nc2ccccc2s1. The van der Waals surface area contributed by atoms with Gasteiger partial charge in [-0.25, -0.2) is 4.98 Å². The van der Waals surface area contributed by atoms with E-state index in [9.17, 15) is 4.79 Å². The molecule has 1 amide bonds. The molecule has 1 aromatic carbocycles. The summed E-state index contributed by atoms with van der Waals surface area (Å²) in [6.45, 7) is 0.831. The van der Waals surface area contributed by atoms with Gasteiger partial charge in [-0.15, -0.1) is 11.3 Å². The number of benzene rings is 1. The Morgan fingerprint density at radius 1 is 1.30 bits per heavy atom. The van der Waals surface area contributed by atoms with E-state index < -0.39 is 0 Å². The van der Waals surface area contributed by atoms with Crippen LogP contribution in [0.5, 0.6) is 0 Å². The first-order valence-corrected chi connectivity index (χ1v) is 8.80. The minimum Gasteiger partial charge on any atom is -0.469 e. The first-order chi connectivity index (χ1) is 11.3. The van der Waals surface area contributed by atoms with Gasteiger partial charge in [-0.2, -0.15) is 0 Å². The molecule has 0 bridgehead atoms. The molecule has 0 aliphatic carbocycles. The summed E-state index contributed by atoms with van der Waals surface area (Å²) in [5.74, 6) is 1.07. The van der Waals surface area contributed by atoms with Crippen LogP contribution in [0.4, 0.5) is 0 Å². The first-order valence-electron chi connectivity index (χ1n) is 7.98. The Morgan fingerprint density at radius 2 is 2.22 bits per heavy atom. The molecule has 118 valence electrons. The van der Waals surface area contributed by atoms with E-state index in [2.05, 4.69) is 6.07 Å². The monoisotopic (exact) mass is 326 g/mol. The Balaban J connectivity index is 1.50. The topological polar surface area (TPSA) is 46.3 Å². The summed E-state index contributed by atoms with van der Waals surface area (Å²) in [5.41, 5.74) is 1.03. The fourth-order valence-electron chi connectivity index (χ4n) is 3.18. The van der Waals surface area contributed by atoms with E-state index in [4.69, 9.17) is 9.40 Å². The van der Waals surface area contributed by atoms with Crippen LogP contribution >= 0.6 is 11.3 Å². The number of carbonyl (C=O) groups excluding carboxylic acids is 1. The highest BCUT2D eigenvalue weighted by atomic mass is 32.1. The summed E-state index contributed by atoms with van der Waals surface area (Å²) in [6, 6.07) is 12.1. The van der Waals surface area contributed by atoms with Gasteiger partial charge in [-0.05, 0) is 37.1 Å². The van der Waals surface area contributed by atoms with Crippen molar-refractivity contribution in [2.45, 2.75) is 31.7 Å². The quantitative estimate of drug-likeness (QED) is 0.722. The van der Waals surface area contributed by atoms with Crippen LogP contribution in [0.1, 0.15) is 36.1 Å². The Kier molecular flexibility index (Phi) is 3.87. The second kappa shape index (κ2) is 6.16. The van der Waals surface area contributed by atoms with Gasteiger partial charge in [0.05, 0.1) is 22.5 Å². The average molecular weight is 326 g/mol. The van der Waals surface area contributed by atoms with Crippen LogP contribution in [0.25, 0.3) is 10.2 Å². The van der Waals surface area contributed by atoms with Crippen LogP contribution in [-0.2, 0) is 11.2 Å². The highest BCUT2D eigenvalue weighted by Gasteiger charge is 2.31. The van der Waals surface area contributed by atoms with Crippen LogP contribution in [0.15, 0.2) is 47.1 Å². The van der Waals surface area contributed by atoms with Crippen molar-refractivity contribution >= 4 is 27.5 Å². The van der Waals surface area contributed by atoms with Gasteiger partial charge in [-0.3, -0.25) is 4.79 Å². The van der Waals surface area contributed by atoms with Gasteiger partial charge in [-0.1, -0.05) is 12.1 Å². The number of hydrogen-bond acceptors (Lipinski definition) is 4. The zero-order chi connectivity index (χ0) is 15.6. The summed E-state index contributed by atoms with van der Waals surface area (Å²) >= 11 is 1.71.